The van der Waals surface area contributed by atoms with Gasteiger partial charge in [0.1, 0.15) is 11.9 Å². The van der Waals surface area contributed by atoms with Gasteiger partial charge in [-0.15, -0.1) is 0 Å². The van der Waals surface area contributed by atoms with Gasteiger partial charge >= 0.3 is 5.97 Å². The van der Waals surface area contributed by atoms with E-state index in [0.29, 0.717) is 11.3 Å². The molecule has 0 bridgehead atoms. The number of piperidine rings is 1. The molecule has 5 nitrogen and oxygen atoms in total. The standard InChI is InChI=1S/C14H19NO4/c1-15-7-5-11(6-8-15)19-12-4-2-3-10(9-12)13(16)14(17)18/h2-4,9,11,13,16H,5-8H2,1H3,(H,17,18). The van der Waals surface area contributed by atoms with E-state index in [1.165, 1.54) is 0 Å². The van der Waals surface area contributed by atoms with Gasteiger partial charge in [-0.2, -0.15) is 0 Å². The molecule has 5 heteroatoms. The molecule has 104 valence electrons. The fourth-order valence-electron chi connectivity index (χ4n) is 2.20. The zero-order valence-corrected chi connectivity index (χ0v) is 11.0. The summed E-state index contributed by atoms with van der Waals surface area (Å²) >= 11 is 0. The van der Waals surface area contributed by atoms with Crippen LogP contribution in [0.4, 0.5) is 0 Å². The Kier molecular flexibility index (Phi) is 4.39. The summed E-state index contributed by atoms with van der Waals surface area (Å²) in [6.45, 7) is 2.00. The van der Waals surface area contributed by atoms with Gasteiger partial charge in [0.25, 0.3) is 0 Å². The molecule has 1 aromatic carbocycles. The Morgan fingerprint density at radius 1 is 1.42 bits per heavy atom. The number of aliphatic hydroxyl groups is 1. The van der Waals surface area contributed by atoms with Crippen LogP contribution in [0, 0.1) is 0 Å². The number of carboxylic acid groups (broad SMARTS) is 1. The quantitative estimate of drug-likeness (QED) is 0.858. The van der Waals surface area contributed by atoms with Crippen LogP contribution in [0.3, 0.4) is 0 Å². The molecule has 1 unspecified atom stereocenters. The van der Waals surface area contributed by atoms with E-state index in [1.54, 1.807) is 24.3 Å². The minimum absolute atomic E-state index is 0.161. The molecule has 2 rings (SSSR count). The van der Waals surface area contributed by atoms with E-state index in [-0.39, 0.29) is 6.10 Å². The van der Waals surface area contributed by atoms with Crippen LogP contribution < -0.4 is 4.74 Å². The molecule has 19 heavy (non-hydrogen) atoms. The van der Waals surface area contributed by atoms with Gasteiger partial charge in [0.05, 0.1) is 0 Å². The highest BCUT2D eigenvalue weighted by atomic mass is 16.5. The van der Waals surface area contributed by atoms with Gasteiger partial charge in [-0.3, -0.25) is 0 Å². The first kappa shape index (κ1) is 13.8. The molecule has 0 aliphatic carbocycles. The van der Waals surface area contributed by atoms with Gasteiger partial charge in [-0.25, -0.2) is 4.79 Å². The van der Waals surface area contributed by atoms with Crippen LogP contribution >= 0.6 is 0 Å². The van der Waals surface area contributed by atoms with Crippen molar-refractivity contribution in [1.82, 2.24) is 4.90 Å². The highest BCUT2D eigenvalue weighted by Crippen LogP contribution is 2.22. The summed E-state index contributed by atoms with van der Waals surface area (Å²) in [6.07, 6.45) is 0.583. The number of nitrogens with zero attached hydrogens (tertiary/aromatic N) is 1. The molecule has 1 atom stereocenters. The minimum Gasteiger partial charge on any atom is -0.490 e. The molecule has 0 radical (unpaired) electrons. The van der Waals surface area contributed by atoms with E-state index in [0.717, 1.165) is 25.9 Å². The first-order valence-corrected chi connectivity index (χ1v) is 6.42. The third-order valence-corrected chi connectivity index (χ3v) is 3.38. The number of likely N-dealkylation sites (tertiary alicyclic amines) is 1. The molecule has 1 fully saturated rings. The van der Waals surface area contributed by atoms with Crippen LogP contribution in [-0.2, 0) is 4.79 Å². The summed E-state index contributed by atoms with van der Waals surface area (Å²) in [5.74, 6) is -0.635. The van der Waals surface area contributed by atoms with Crippen molar-refractivity contribution in [3.63, 3.8) is 0 Å². The monoisotopic (exact) mass is 265 g/mol. The van der Waals surface area contributed by atoms with E-state index in [9.17, 15) is 9.90 Å². The van der Waals surface area contributed by atoms with Crippen LogP contribution in [-0.4, -0.2) is 47.3 Å². The normalized spacial score (nSPS) is 19.1. The number of carboxylic acids is 1. The van der Waals surface area contributed by atoms with E-state index < -0.39 is 12.1 Å². The Morgan fingerprint density at radius 2 is 2.11 bits per heavy atom. The number of carbonyl (C=O) groups is 1. The number of rotatable bonds is 4. The van der Waals surface area contributed by atoms with E-state index in [2.05, 4.69) is 11.9 Å². The van der Waals surface area contributed by atoms with Crippen molar-refractivity contribution in [3.05, 3.63) is 29.8 Å². The molecule has 0 spiro atoms. The van der Waals surface area contributed by atoms with Gasteiger partial charge in [-0.1, -0.05) is 12.1 Å². The molecule has 0 amide bonds. The fourth-order valence-corrected chi connectivity index (χ4v) is 2.20. The third kappa shape index (κ3) is 3.68. The van der Waals surface area contributed by atoms with Gasteiger partial charge in [0, 0.05) is 13.1 Å². The lowest BCUT2D eigenvalue weighted by molar-refractivity contribution is -0.146. The Morgan fingerprint density at radius 3 is 2.74 bits per heavy atom. The zero-order valence-electron chi connectivity index (χ0n) is 11.0. The largest absolute Gasteiger partial charge is 0.490 e. The van der Waals surface area contributed by atoms with Crippen molar-refractivity contribution in [2.75, 3.05) is 20.1 Å². The predicted octanol–water partition coefficient (Wildman–Crippen LogP) is 1.28. The lowest BCUT2D eigenvalue weighted by Crippen LogP contribution is -2.35. The van der Waals surface area contributed by atoms with E-state index >= 15 is 0 Å². The topological polar surface area (TPSA) is 70.0 Å². The zero-order chi connectivity index (χ0) is 13.8. The second kappa shape index (κ2) is 6.04. The van der Waals surface area contributed by atoms with Crippen molar-refractivity contribution in [1.29, 1.82) is 0 Å². The molecule has 1 aliphatic rings. The molecule has 1 aromatic rings. The highest BCUT2D eigenvalue weighted by Gasteiger charge is 2.20. The SMILES string of the molecule is CN1CCC(Oc2cccc(C(O)C(=O)O)c2)CC1. The molecular weight excluding hydrogens is 246 g/mol. The van der Waals surface area contributed by atoms with Crippen LogP contribution in [0.25, 0.3) is 0 Å². The van der Waals surface area contributed by atoms with Crippen molar-refractivity contribution in [2.45, 2.75) is 25.0 Å². The van der Waals surface area contributed by atoms with Gasteiger partial charge in [-0.05, 0) is 37.6 Å². The predicted molar refractivity (Wildman–Crippen MR) is 70.2 cm³/mol. The Balaban J connectivity index is 2.01. The van der Waals surface area contributed by atoms with Crippen LogP contribution in [0.15, 0.2) is 24.3 Å². The van der Waals surface area contributed by atoms with Gasteiger partial charge in [0.15, 0.2) is 6.10 Å². The lowest BCUT2D eigenvalue weighted by atomic mass is 10.1. The maximum Gasteiger partial charge on any atom is 0.337 e. The van der Waals surface area contributed by atoms with Crippen LogP contribution in [0.5, 0.6) is 5.75 Å². The average Bonchev–Trinajstić information content (AvgIpc) is 2.41. The summed E-state index contributed by atoms with van der Waals surface area (Å²) in [7, 11) is 2.08. The summed E-state index contributed by atoms with van der Waals surface area (Å²) < 4.78 is 5.84. The smallest absolute Gasteiger partial charge is 0.337 e. The molecule has 2 N–H and O–H groups in total. The Hall–Kier alpha value is -1.59. The van der Waals surface area contributed by atoms with Crippen molar-refractivity contribution in [2.24, 2.45) is 0 Å². The van der Waals surface area contributed by atoms with Gasteiger partial charge < -0.3 is 19.8 Å². The van der Waals surface area contributed by atoms with E-state index in [1.807, 2.05) is 0 Å². The number of hydrogen-bond donors (Lipinski definition) is 2. The van der Waals surface area contributed by atoms with E-state index in [4.69, 9.17) is 9.84 Å². The third-order valence-electron chi connectivity index (χ3n) is 3.38. The van der Waals surface area contributed by atoms with Crippen molar-refractivity contribution in [3.8, 4) is 5.75 Å². The summed E-state index contributed by atoms with van der Waals surface area (Å²) in [5, 5.41) is 18.3. The molecule has 1 aliphatic heterocycles. The number of ether oxygens (including phenoxy) is 1. The number of benzene rings is 1. The first-order valence-electron chi connectivity index (χ1n) is 6.42. The number of hydrogen-bond acceptors (Lipinski definition) is 4. The molecule has 0 saturated carbocycles. The first-order chi connectivity index (χ1) is 9.06. The second-order valence-electron chi connectivity index (χ2n) is 4.93. The highest BCUT2D eigenvalue weighted by molar-refractivity contribution is 5.74. The molecular formula is C14H19NO4. The summed E-state index contributed by atoms with van der Waals surface area (Å²) in [5.41, 5.74) is 0.345. The molecule has 1 heterocycles. The van der Waals surface area contributed by atoms with Gasteiger partial charge in [0.2, 0.25) is 0 Å². The second-order valence-corrected chi connectivity index (χ2v) is 4.93. The lowest BCUT2D eigenvalue weighted by Gasteiger charge is -2.29. The number of aliphatic hydroxyl groups excluding tert-OH is 1. The fraction of sp³-hybridized carbons (Fsp3) is 0.500. The van der Waals surface area contributed by atoms with Crippen molar-refractivity contribution >= 4 is 5.97 Å². The minimum atomic E-state index is -1.50. The maximum atomic E-state index is 10.7. The summed E-state index contributed by atoms with van der Waals surface area (Å²) in [4.78, 5) is 13.0. The Bertz CT molecular complexity index is 441. The molecule has 0 aromatic heterocycles. The van der Waals surface area contributed by atoms with Crippen molar-refractivity contribution < 1.29 is 19.7 Å². The average molecular weight is 265 g/mol. The Labute approximate surface area is 112 Å². The van der Waals surface area contributed by atoms with Crippen LogP contribution in [0.1, 0.15) is 24.5 Å². The van der Waals surface area contributed by atoms with Crippen LogP contribution in [0.2, 0.25) is 0 Å². The molecule has 1 saturated heterocycles. The maximum absolute atomic E-state index is 10.7. The summed E-state index contributed by atoms with van der Waals surface area (Å²) in [6, 6.07) is 6.67. The number of aliphatic carboxylic acids is 1.